The van der Waals surface area contributed by atoms with E-state index in [4.69, 9.17) is 23.7 Å². The van der Waals surface area contributed by atoms with E-state index in [1.54, 1.807) is 14.2 Å². The molecule has 34 heavy (non-hydrogen) atoms. The molecule has 2 aromatic rings. The number of halogens is 1. The first-order valence-electron chi connectivity index (χ1n) is 12.0. The maximum absolute atomic E-state index is 6.02. The highest BCUT2D eigenvalue weighted by molar-refractivity contribution is 14.1. The lowest BCUT2D eigenvalue weighted by Gasteiger charge is -2.33. The molecule has 1 aliphatic rings. The van der Waals surface area contributed by atoms with Crippen LogP contribution in [-0.2, 0) is 29.1 Å². The molecule has 1 aliphatic carbocycles. The van der Waals surface area contributed by atoms with E-state index in [0.717, 1.165) is 25.9 Å². The molecule has 1 unspecified atom stereocenters. The Morgan fingerprint density at radius 3 is 2.09 bits per heavy atom. The fourth-order valence-electron chi connectivity index (χ4n) is 4.62. The highest BCUT2D eigenvalue weighted by atomic mass is 127. The van der Waals surface area contributed by atoms with Gasteiger partial charge in [0.05, 0.1) is 46.2 Å². The average molecular weight is 584 g/mol. The van der Waals surface area contributed by atoms with Gasteiger partial charge in [-0.05, 0) is 76.4 Å². The van der Waals surface area contributed by atoms with Gasteiger partial charge in [0.2, 0.25) is 0 Å². The number of hydrogen-bond donors (Lipinski definition) is 1. The number of nitrogens with one attached hydrogen (secondary N) is 1. The Hall–Kier alpha value is -1.07. The molecule has 0 saturated carbocycles. The molecular weight excluding hydrogens is 545 g/mol. The van der Waals surface area contributed by atoms with Gasteiger partial charge in [0.1, 0.15) is 0 Å². The molecular formula is C27H38INO5. The van der Waals surface area contributed by atoms with Gasteiger partial charge in [0, 0.05) is 36.4 Å². The van der Waals surface area contributed by atoms with Gasteiger partial charge in [-0.2, -0.15) is 0 Å². The third kappa shape index (κ3) is 7.46. The highest BCUT2D eigenvalue weighted by Gasteiger charge is 2.42. The summed E-state index contributed by atoms with van der Waals surface area (Å²) in [4.78, 5) is 0. The Labute approximate surface area is 217 Å². The standard InChI is InChI=1S/C27H38INO5/c1-30-15-17-33-14-12-29-11-9-27(10-13-32-19-20-34-18-16-31-2)25-6-4-3-5-23(25)24-8-7-22(28)21-26(24)27/h3-8,21,29H,9-20H2,1-2H3. The Morgan fingerprint density at radius 1 is 0.676 bits per heavy atom. The maximum Gasteiger partial charge on any atom is 0.0701 e. The SMILES string of the molecule is COCCOCCNCCC1(CCOCCOCCOC)c2ccccc2-c2ccc(I)cc21. The van der Waals surface area contributed by atoms with E-state index >= 15 is 0 Å². The zero-order chi connectivity index (χ0) is 24.1. The third-order valence-electron chi connectivity index (χ3n) is 6.29. The van der Waals surface area contributed by atoms with E-state index in [2.05, 4.69) is 70.4 Å². The van der Waals surface area contributed by atoms with Crippen molar-refractivity contribution in [2.75, 3.05) is 80.2 Å². The topological polar surface area (TPSA) is 58.2 Å². The van der Waals surface area contributed by atoms with E-state index in [-0.39, 0.29) is 5.41 Å². The summed E-state index contributed by atoms with van der Waals surface area (Å²) in [6.45, 7) is 6.78. The lowest BCUT2D eigenvalue weighted by Crippen LogP contribution is -2.33. The quantitative estimate of drug-likeness (QED) is 0.209. The second-order valence-corrected chi connectivity index (χ2v) is 9.64. The molecule has 1 N–H and O–H groups in total. The van der Waals surface area contributed by atoms with Gasteiger partial charge < -0.3 is 29.0 Å². The van der Waals surface area contributed by atoms with E-state index in [1.165, 1.54) is 25.8 Å². The Balaban J connectivity index is 1.66. The van der Waals surface area contributed by atoms with E-state index in [0.29, 0.717) is 52.9 Å². The smallest absolute Gasteiger partial charge is 0.0701 e. The van der Waals surface area contributed by atoms with Gasteiger partial charge in [-0.25, -0.2) is 0 Å². The van der Waals surface area contributed by atoms with Crippen LogP contribution in [-0.4, -0.2) is 80.2 Å². The van der Waals surface area contributed by atoms with Crippen molar-refractivity contribution in [1.29, 1.82) is 0 Å². The summed E-state index contributed by atoms with van der Waals surface area (Å²) in [5.41, 5.74) is 5.44. The second-order valence-electron chi connectivity index (χ2n) is 8.39. The Morgan fingerprint density at radius 2 is 1.32 bits per heavy atom. The fraction of sp³-hybridized carbons (Fsp3) is 0.556. The number of ether oxygens (including phenoxy) is 5. The molecule has 0 amide bonds. The minimum atomic E-state index is -0.0755. The first-order valence-corrected chi connectivity index (χ1v) is 13.1. The summed E-state index contributed by atoms with van der Waals surface area (Å²) < 4.78 is 28.5. The molecule has 0 heterocycles. The maximum atomic E-state index is 6.02. The third-order valence-corrected chi connectivity index (χ3v) is 6.96. The van der Waals surface area contributed by atoms with Crippen LogP contribution in [0.2, 0.25) is 0 Å². The Kier molecular flexibility index (Phi) is 12.2. The predicted octanol–water partition coefficient (Wildman–Crippen LogP) is 4.27. The molecule has 7 heteroatoms. The minimum Gasteiger partial charge on any atom is -0.382 e. The number of hydrogen-bond acceptors (Lipinski definition) is 6. The lowest BCUT2D eigenvalue weighted by atomic mass is 9.73. The van der Waals surface area contributed by atoms with Crippen molar-refractivity contribution in [2.24, 2.45) is 0 Å². The first kappa shape index (κ1) is 27.5. The molecule has 0 spiro atoms. The summed E-state index contributed by atoms with van der Waals surface area (Å²) in [5, 5.41) is 3.58. The van der Waals surface area contributed by atoms with Gasteiger partial charge in [-0.3, -0.25) is 0 Å². The van der Waals surface area contributed by atoms with Crippen molar-refractivity contribution in [3.63, 3.8) is 0 Å². The van der Waals surface area contributed by atoms with E-state index in [9.17, 15) is 0 Å². The molecule has 0 radical (unpaired) electrons. The van der Waals surface area contributed by atoms with Crippen molar-refractivity contribution in [3.05, 3.63) is 57.2 Å². The van der Waals surface area contributed by atoms with Crippen molar-refractivity contribution in [1.82, 2.24) is 5.32 Å². The highest BCUT2D eigenvalue weighted by Crippen LogP contribution is 2.52. The van der Waals surface area contributed by atoms with Gasteiger partial charge in [-0.15, -0.1) is 0 Å². The zero-order valence-electron chi connectivity index (χ0n) is 20.4. The fourth-order valence-corrected chi connectivity index (χ4v) is 5.11. The summed E-state index contributed by atoms with van der Waals surface area (Å²) in [7, 11) is 3.37. The summed E-state index contributed by atoms with van der Waals surface area (Å²) in [6, 6.07) is 15.7. The van der Waals surface area contributed by atoms with Crippen LogP contribution in [0, 0.1) is 3.57 Å². The molecule has 1 atom stereocenters. The summed E-state index contributed by atoms with van der Waals surface area (Å²) >= 11 is 2.42. The zero-order valence-corrected chi connectivity index (χ0v) is 22.6. The molecule has 0 saturated heterocycles. The van der Waals surface area contributed by atoms with Crippen molar-refractivity contribution in [3.8, 4) is 11.1 Å². The van der Waals surface area contributed by atoms with Crippen molar-refractivity contribution >= 4 is 22.6 Å². The Bertz CT molecular complexity index is 843. The number of fused-ring (bicyclic) bond motifs is 3. The molecule has 6 nitrogen and oxygen atoms in total. The second kappa shape index (κ2) is 15.1. The molecule has 0 bridgehead atoms. The summed E-state index contributed by atoms with van der Waals surface area (Å²) in [6.07, 6.45) is 1.93. The van der Waals surface area contributed by atoms with E-state index in [1.807, 2.05) is 0 Å². The van der Waals surface area contributed by atoms with Crippen LogP contribution >= 0.6 is 22.6 Å². The van der Waals surface area contributed by atoms with Crippen LogP contribution in [0.5, 0.6) is 0 Å². The monoisotopic (exact) mass is 583 g/mol. The van der Waals surface area contributed by atoms with Crippen LogP contribution in [0.3, 0.4) is 0 Å². The molecule has 2 aromatic carbocycles. The van der Waals surface area contributed by atoms with Gasteiger partial charge in [0.25, 0.3) is 0 Å². The first-order chi connectivity index (χ1) is 16.7. The number of benzene rings is 2. The molecule has 0 aromatic heterocycles. The number of methoxy groups -OCH3 is 2. The van der Waals surface area contributed by atoms with Gasteiger partial charge >= 0.3 is 0 Å². The minimum absolute atomic E-state index is 0.0755. The van der Waals surface area contributed by atoms with Crippen LogP contribution in [0.15, 0.2) is 42.5 Å². The summed E-state index contributed by atoms with van der Waals surface area (Å²) in [5.74, 6) is 0. The largest absolute Gasteiger partial charge is 0.382 e. The molecule has 0 fully saturated rings. The average Bonchev–Trinajstić information content (AvgIpc) is 3.12. The van der Waals surface area contributed by atoms with Crippen molar-refractivity contribution in [2.45, 2.75) is 18.3 Å². The molecule has 0 aliphatic heterocycles. The lowest BCUT2D eigenvalue weighted by molar-refractivity contribution is 0.0214. The molecule has 188 valence electrons. The molecule has 3 rings (SSSR count). The van der Waals surface area contributed by atoms with Crippen molar-refractivity contribution < 1.29 is 23.7 Å². The van der Waals surface area contributed by atoms with Crippen LogP contribution < -0.4 is 5.32 Å². The normalized spacial score (nSPS) is 16.6. The van der Waals surface area contributed by atoms with Gasteiger partial charge in [0.15, 0.2) is 0 Å². The van der Waals surface area contributed by atoms with Crippen LogP contribution in [0.4, 0.5) is 0 Å². The predicted molar refractivity (Wildman–Crippen MR) is 144 cm³/mol. The number of rotatable bonds is 18. The van der Waals surface area contributed by atoms with Crippen LogP contribution in [0.1, 0.15) is 24.0 Å². The van der Waals surface area contributed by atoms with E-state index < -0.39 is 0 Å². The van der Waals surface area contributed by atoms with Gasteiger partial charge in [-0.1, -0.05) is 30.3 Å². The van der Waals surface area contributed by atoms with Crippen LogP contribution in [0.25, 0.3) is 11.1 Å².